The molecule has 1 aliphatic rings. The molecular formula is C13H16ClNO2S. The standard InChI is InChI=1S/C13H16ClNO2S/c14-10-3-5-11(6-4-10)18-9-7-15-13(16)12-2-1-8-17-12/h3-6,12H,1-2,7-9H2,(H,15,16). The van der Waals surface area contributed by atoms with E-state index in [0.29, 0.717) is 13.2 Å². The lowest BCUT2D eigenvalue weighted by molar-refractivity contribution is -0.129. The molecule has 1 N–H and O–H groups in total. The molecule has 1 atom stereocenters. The molecule has 1 unspecified atom stereocenters. The quantitative estimate of drug-likeness (QED) is 0.668. The van der Waals surface area contributed by atoms with Crippen LogP contribution in [0, 0.1) is 0 Å². The third-order valence-corrected chi connectivity index (χ3v) is 3.97. The average Bonchev–Trinajstić information content (AvgIpc) is 2.90. The summed E-state index contributed by atoms with van der Waals surface area (Å²) in [5.41, 5.74) is 0. The number of carbonyl (C=O) groups excluding carboxylic acids is 1. The molecule has 1 aromatic carbocycles. The highest BCUT2D eigenvalue weighted by molar-refractivity contribution is 7.99. The molecular weight excluding hydrogens is 270 g/mol. The van der Waals surface area contributed by atoms with Crippen molar-refractivity contribution in [1.29, 1.82) is 0 Å². The lowest BCUT2D eigenvalue weighted by Crippen LogP contribution is -2.35. The Morgan fingerprint density at radius 2 is 2.22 bits per heavy atom. The Bertz CT molecular complexity index is 390. The van der Waals surface area contributed by atoms with Crippen LogP contribution in [0.15, 0.2) is 29.2 Å². The third-order valence-electron chi connectivity index (χ3n) is 2.71. The second kappa shape index (κ2) is 7.02. The van der Waals surface area contributed by atoms with Crippen molar-refractivity contribution in [3.8, 4) is 0 Å². The fraction of sp³-hybridized carbons (Fsp3) is 0.462. The van der Waals surface area contributed by atoms with E-state index in [-0.39, 0.29) is 12.0 Å². The molecule has 0 radical (unpaired) electrons. The molecule has 1 aliphatic heterocycles. The molecule has 1 fully saturated rings. The van der Waals surface area contributed by atoms with Crippen molar-refractivity contribution >= 4 is 29.3 Å². The minimum Gasteiger partial charge on any atom is -0.368 e. The predicted octanol–water partition coefficient (Wildman–Crippen LogP) is 2.73. The van der Waals surface area contributed by atoms with Crippen molar-refractivity contribution in [3.05, 3.63) is 29.3 Å². The van der Waals surface area contributed by atoms with Crippen LogP contribution in [0.25, 0.3) is 0 Å². The lowest BCUT2D eigenvalue weighted by Gasteiger charge is -2.10. The number of hydrogen-bond acceptors (Lipinski definition) is 3. The molecule has 3 nitrogen and oxygen atoms in total. The highest BCUT2D eigenvalue weighted by Gasteiger charge is 2.22. The van der Waals surface area contributed by atoms with Crippen LogP contribution in [0.5, 0.6) is 0 Å². The summed E-state index contributed by atoms with van der Waals surface area (Å²) in [4.78, 5) is 12.8. The highest BCUT2D eigenvalue weighted by atomic mass is 35.5. The van der Waals surface area contributed by atoms with Crippen molar-refractivity contribution in [2.24, 2.45) is 0 Å². The zero-order chi connectivity index (χ0) is 12.8. The molecule has 0 aliphatic carbocycles. The first-order valence-electron chi connectivity index (χ1n) is 6.03. The van der Waals surface area contributed by atoms with Crippen molar-refractivity contribution in [3.63, 3.8) is 0 Å². The van der Waals surface area contributed by atoms with Gasteiger partial charge in [-0.3, -0.25) is 4.79 Å². The van der Waals surface area contributed by atoms with Gasteiger partial charge in [0.15, 0.2) is 0 Å². The Hall–Kier alpha value is -0.710. The summed E-state index contributed by atoms with van der Waals surface area (Å²) in [5, 5.41) is 3.64. The molecule has 1 aromatic rings. The fourth-order valence-corrected chi connectivity index (χ4v) is 2.67. The molecule has 18 heavy (non-hydrogen) atoms. The summed E-state index contributed by atoms with van der Waals surface area (Å²) in [6, 6.07) is 7.70. The van der Waals surface area contributed by atoms with Gasteiger partial charge in [0.25, 0.3) is 0 Å². The number of carbonyl (C=O) groups is 1. The van der Waals surface area contributed by atoms with Gasteiger partial charge >= 0.3 is 0 Å². The summed E-state index contributed by atoms with van der Waals surface area (Å²) in [7, 11) is 0. The SMILES string of the molecule is O=C(NCCSc1ccc(Cl)cc1)C1CCCO1. The van der Waals surface area contributed by atoms with Crippen LogP contribution in [-0.2, 0) is 9.53 Å². The maximum Gasteiger partial charge on any atom is 0.249 e. The maximum atomic E-state index is 11.6. The van der Waals surface area contributed by atoms with Gasteiger partial charge in [0.05, 0.1) is 0 Å². The molecule has 5 heteroatoms. The number of nitrogens with one attached hydrogen (secondary N) is 1. The molecule has 1 saturated heterocycles. The van der Waals surface area contributed by atoms with E-state index in [9.17, 15) is 4.79 Å². The monoisotopic (exact) mass is 285 g/mol. The van der Waals surface area contributed by atoms with Gasteiger partial charge in [0.1, 0.15) is 6.10 Å². The summed E-state index contributed by atoms with van der Waals surface area (Å²) >= 11 is 7.51. The predicted molar refractivity (Wildman–Crippen MR) is 74.2 cm³/mol. The Morgan fingerprint density at radius 1 is 1.44 bits per heavy atom. The normalized spacial score (nSPS) is 18.8. The van der Waals surface area contributed by atoms with Crippen molar-refractivity contribution < 1.29 is 9.53 Å². The average molecular weight is 286 g/mol. The van der Waals surface area contributed by atoms with Gasteiger partial charge in [0.2, 0.25) is 5.91 Å². The van der Waals surface area contributed by atoms with E-state index in [1.807, 2.05) is 24.3 Å². The first-order chi connectivity index (χ1) is 8.75. The van der Waals surface area contributed by atoms with Gasteiger partial charge in [-0.15, -0.1) is 11.8 Å². The first-order valence-corrected chi connectivity index (χ1v) is 7.40. The lowest BCUT2D eigenvalue weighted by atomic mass is 10.2. The number of thioether (sulfide) groups is 1. The molecule has 1 heterocycles. The maximum absolute atomic E-state index is 11.6. The van der Waals surface area contributed by atoms with Gasteiger partial charge in [-0.2, -0.15) is 0 Å². The van der Waals surface area contributed by atoms with E-state index in [4.69, 9.17) is 16.3 Å². The van der Waals surface area contributed by atoms with E-state index in [1.165, 1.54) is 0 Å². The van der Waals surface area contributed by atoms with Crippen LogP contribution in [0.4, 0.5) is 0 Å². The van der Waals surface area contributed by atoms with E-state index in [1.54, 1.807) is 11.8 Å². The van der Waals surface area contributed by atoms with Crippen LogP contribution in [0.1, 0.15) is 12.8 Å². The number of halogens is 1. The molecule has 98 valence electrons. The largest absolute Gasteiger partial charge is 0.368 e. The molecule has 1 amide bonds. The fourth-order valence-electron chi connectivity index (χ4n) is 1.77. The smallest absolute Gasteiger partial charge is 0.249 e. The third kappa shape index (κ3) is 4.19. The first kappa shape index (κ1) is 13.7. The number of hydrogen-bond donors (Lipinski definition) is 1. The second-order valence-corrected chi connectivity index (χ2v) is 5.70. The zero-order valence-electron chi connectivity index (χ0n) is 10.0. The minimum atomic E-state index is -0.231. The van der Waals surface area contributed by atoms with Crippen molar-refractivity contribution in [1.82, 2.24) is 5.32 Å². The van der Waals surface area contributed by atoms with Crippen LogP contribution >= 0.6 is 23.4 Å². The molecule has 2 rings (SSSR count). The zero-order valence-corrected chi connectivity index (χ0v) is 11.6. The summed E-state index contributed by atoms with van der Waals surface area (Å²) in [6.45, 7) is 1.36. The molecule has 0 bridgehead atoms. The highest BCUT2D eigenvalue weighted by Crippen LogP contribution is 2.19. The van der Waals surface area contributed by atoms with Crippen LogP contribution in [0.2, 0.25) is 5.02 Å². The van der Waals surface area contributed by atoms with Crippen molar-refractivity contribution in [2.45, 2.75) is 23.8 Å². The Balaban J connectivity index is 1.63. The topological polar surface area (TPSA) is 38.3 Å². The Morgan fingerprint density at radius 3 is 2.89 bits per heavy atom. The number of rotatable bonds is 5. The van der Waals surface area contributed by atoms with Gasteiger partial charge in [-0.25, -0.2) is 0 Å². The van der Waals surface area contributed by atoms with Crippen LogP contribution in [-0.4, -0.2) is 30.9 Å². The van der Waals surface area contributed by atoms with E-state index in [2.05, 4.69) is 5.32 Å². The second-order valence-electron chi connectivity index (χ2n) is 4.10. The Labute approximate surface area is 116 Å². The van der Waals surface area contributed by atoms with Crippen LogP contribution in [0.3, 0.4) is 0 Å². The summed E-state index contributed by atoms with van der Waals surface area (Å²) in [5.74, 6) is 0.865. The number of amides is 1. The van der Waals surface area contributed by atoms with E-state index >= 15 is 0 Å². The van der Waals surface area contributed by atoms with Crippen LogP contribution < -0.4 is 5.32 Å². The van der Waals surface area contributed by atoms with Gasteiger partial charge in [-0.05, 0) is 37.1 Å². The Kier molecular flexibility index (Phi) is 5.35. The van der Waals surface area contributed by atoms with E-state index in [0.717, 1.165) is 28.5 Å². The van der Waals surface area contributed by atoms with Gasteiger partial charge in [0, 0.05) is 28.8 Å². The molecule has 0 spiro atoms. The van der Waals surface area contributed by atoms with E-state index < -0.39 is 0 Å². The van der Waals surface area contributed by atoms with Crippen molar-refractivity contribution in [2.75, 3.05) is 18.9 Å². The van der Waals surface area contributed by atoms with Gasteiger partial charge in [-0.1, -0.05) is 11.6 Å². The minimum absolute atomic E-state index is 0.0178. The molecule has 0 aromatic heterocycles. The summed E-state index contributed by atoms with van der Waals surface area (Å²) in [6.07, 6.45) is 1.60. The summed E-state index contributed by atoms with van der Waals surface area (Å²) < 4.78 is 5.31. The number of benzene rings is 1. The molecule has 0 saturated carbocycles. The number of ether oxygens (including phenoxy) is 1. The van der Waals surface area contributed by atoms with Gasteiger partial charge < -0.3 is 10.1 Å².